The van der Waals surface area contributed by atoms with Gasteiger partial charge in [0.2, 0.25) is 5.91 Å². The number of amides is 1. The largest absolute Gasteiger partial charge is 0.450 e. The summed E-state index contributed by atoms with van der Waals surface area (Å²) < 4.78 is 91.9. The standard InChI is InChI=1S/C37H31ClF6N6O3/c1-17-15-37(43,44)33(27(17)28(45)35(41)42)46-16-26(51)48-25(13-18-11-19(39)14-20(40)12-18)29-22(8-7-21(47-29)9-10-36(2,3)52)23-5-4-6-24-30-32(53-31(23)24)34(38)50-49-30/h4-8,11-12,14,17,25,35,45-46,52H,13,15-16H2,1-3H3,(H,48,51)(H,49,50)/t17-,25?/m0/s1. The Kier molecular flexibility index (Phi) is 10.1. The molecule has 53 heavy (non-hydrogen) atoms. The molecule has 1 amide bonds. The van der Waals surface area contributed by atoms with Crippen LogP contribution < -0.4 is 10.6 Å². The Bertz CT molecular complexity index is 2330. The number of hydrogen-bond donors (Lipinski definition) is 5. The monoisotopic (exact) mass is 756 g/mol. The Morgan fingerprint density at radius 2 is 1.87 bits per heavy atom. The molecular weight excluding hydrogens is 726 g/mol. The third-order valence-electron chi connectivity index (χ3n) is 8.53. The first-order valence-electron chi connectivity index (χ1n) is 16.2. The number of benzene rings is 2. The Balaban J connectivity index is 1.46. The number of rotatable bonds is 10. The fraction of sp³-hybridized carbons (Fsp3) is 0.297. The van der Waals surface area contributed by atoms with Crippen LogP contribution in [0.25, 0.3) is 33.2 Å². The fourth-order valence-corrected chi connectivity index (χ4v) is 6.54. The van der Waals surface area contributed by atoms with Crippen LogP contribution in [0.4, 0.5) is 26.3 Å². The number of hydrogen-bond acceptors (Lipinski definition) is 7. The molecule has 0 saturated carbocycles. The molecule has 0 radical (unpaired) electrons. The van der Waals surface area contributed by atoms with E-state index in [9.17, 15) is 36.2 Å². The maximum absolute atomic E-state index is 15.0. The molecule has 1 unspecified atom stereocenters. The summed E-state index contributed by atoms with van der Waals surface area (Å²) in [5, 5.41) is 30.4. The van der Waals surface area contributed by atoms with Gasteiger partial charge in [0.25, 0.3) is 12.3 Å². The maximum Gasteiger partial charge on any atom is 0.288 e. The van der Waals surface area contributed by atoms with Gasteiger partial charge in [-0.25, -0.2) is 22.5 Å². The van der Waals surface area contributed by atoms with Crippen molar-refractivity contribution in [1.82, 2.24) is 25.8 Å². The van der Waals surface area contributed by atoms with Crippen molar-refractivity contribution in [2.45, 2.75) is 57.6 Å². The number of allylic oxidation sites excluding steroid dienone is 2. The molecule has 9 nitrogen and oxygen atoms in total. The second kappa shape index (κ2) is 14.2. The number of H-pyrrole nitrogens is 1. The van der Waals surface area contributed by atoms with Gasteiger partial charge in [-0.05, 0) is 68.0 Å². The summed E-state index contributed by atoms with van der Waals surface area (Å²) in [4.78, 5) is 18.3. The fourth-order valence-electron chi connectivity index (χ4n) is 6.37. The van der Waals surface area contributed by atoms with E-state index in [0.717, 1.165) is 12.1 Å². The lowest BCUT2D eigenvalue weighted by Crippen LogP contribution is -2.40. The van der Waals surface area contributed by atoms with Crippen LogP contribution in [0.15, 0.2) is 64.2 Å². The zero-order valence-electron chi connectivity index (χ0n) is 28.3. The number of aromatic amines is 1. The van der Waals surface area contributed by atoms with Crippen LogP contribution >= 0.6 is 11.6 Å². The molecule has 3 aromatic heterocycles. The summed E-state index contributed by atoms with van der Waals surface area (Å²) >= 11 is 6.24. The predicted octanol–water partition coefficient (Wildman–Crippen LogP) is 7.63. The van der Waals surface area contributed by atoms with Crippen molar-refractivity contribution in [3.63, 3.8) is 0 Å². The van der Waals surface area contributed by atoms with Gasteiger partial charge in [-0.3, -0.25) is 15.3 Å². The molecule has 0 fully saturated rings. The number of para-hydroxylation sites is 1. The highest BCUT2D eigenvalue weighted by molar-refractivity contribution is 6.34. The van der Waals surface area contributed by atoms with E-state index in [4.69, 9.17) is 26.4 Å². The summed E-state index contributed by atoms with van der Waals surface area (Å²) in [5.41, 5.74) is -1.93. The summed E-state index contributed by atoms with van der Waals surface area (Å²) in [6.45, 7) is 3.36. The quantitative estimate of drug-likeness (QED) is 0.0564. The number of nitrogens with one attached hydrogen (secondary N) is 4. The lowest BCUT2D eigenvalue weighted by molar-refractivity contribution is -0.121. The minimum atomic E-state index is -3.62. The summed E-state index contributed by atoms with van der Waals surface area (Å²) in [6, 6.07) is 9.90. The molecule has 0 bridgehead atoms. The Morgan fingerprint density at radius 1 is 1.15 bits per heavy atom. The van der Waals surface area contributed by atoms with Gasteiger partial charge >= 0.3 is 0 Å². The van der Waals surface area contributed by atoms with E-state index in [2.05, 4.69) is 32.7 Å². The number of pyridine rings is 1. The highest BCUT2D eigenvalue weighted by Gasteiger charge is 2.48. The molecule has 5 N–H and O–H groups in total. The highest BCUT2D eigenvalue weighted by atomic mass is 35.5. The van der Waals surface area contributed by atoms with Crippen LogP contribution in [0, 0.1) is 34.8 Å². The van der Waals surface area contributed by atoms with Crippen molar-refractivity contribution < 1.29 is 40.7 Å². The lowest BCUT2D eigenvalue weighted by atomic mass is 9.94. The van der Waals surface area contributed by atoms with Crippen molar-refractivity contribution in [3.8, 4) is 23.0 Å². The third kappa shape index (κ3) is 7.89. The molecule has 2 aromatic carbocycles. The highest BCUT2D eigenvalue weighted by Crippen LogP contribution is 2.44. The molecule has 276 valence electrons. The van der Waals surface area contributed by atoms with E-state index in [1.54, 1.807) is 30.3 Å². The van der Waals surface area contributed by atoms with Crippen LogP contribution in [0.5, 0.6) is 0 Å². The second-order valence-corrected chi connectivity index (χ2v) is 13.6. The topological polar surface area (TPSA) is 140 Å². The van der Waals surface area contributed by atoms with Gasteiger partial charge in [-0.1, -0.05) is 36.6 Å². The summed E-state index contributed by atoms with van der Waals surface area (Å²) in [6.07, 6.45) is -4.43. The average Bonchev–Trinajstić information content (AvgIpc) is 3.70. The van der Waals surface area contributed by atoms with E-state index >= 15 is 0 Å². The number of carbonyl (C=O) groups excluding carboxylic acids is 1. The molecule has 16 heteroatoms. The van der Waals surface area contributed by atoms with E-state index in [1.807, 2.05) is 0 Å². The van der Waals surface area contributed by atoms with Crippen molar-refractivity contribution in [2.24, 2.45) is 5.92 Å². The number of carbonyl (C=O) groups is 1. The van der Waals surface area contributed by atoms with Gasteiger partial charge in [0.05, 0.1) is 24.0 Å². The zero-order chi connectivity index (χ0) is 38.4. The molecule has 0 aliphatic heterocycles. The molecular formula is C37H31ClF6N6O3. The number of halogens is 7. The first-order valence-corrected chi connectivity index (χ1v) is 16.6. The minimum absolute atomic E-state index is 0.0766. The Hall–Kier alpha value is -5.33. The van der Waals surface area contributed by atoms with Gasteiger partial charge in [0, 0.05) is 34.6 Å². The van der Waals surface area contributed by atoms with Gasteiger partial charge in [0.15, 0.2) is 10.7 Å². The van der Waals surface area contributed by atoms with Crippen LogP contribution in [0.1, 0.15) is 50.2 Å². The van der Waals surface area contributed by atoms with Gasteiger partial charge in [-0.2, -0.15) is 13.9 Å². The molecule has 0 saturated heterocycles. The molecule has 5 aromatic rings. The number of aliphatic hydroxyl groups is 1. The lowest BCUT2D eigenvalue weighted by Gasteiger charge is -2.23. The van der Waals surface area contributed by atoms with Crippen molar-refractivity contribution in [3.05, 3.63) is 93.5 Å². The van der Waals surface area contributed by atoms with E-state index in [1.165, 1.54) is 20.8 Å². The molecule has 1 aliphatic rings. The van der Waals surface area contributed by atoms with Gasteiger partial charge in [-0.15, -0.1) is 0 Å². The molecule has 3 heterocycles. The molecule has 0 spiro atoms. The molecule has 2 atom stereocenters. The Labute approximate surface area is 303 Å². The number of fused-ring (bicyclic) bond motifs is 3. The number of alkyl halides is 4. The first kappa shape index (κ1) is 37.4. The van der Waals surface area contributed by atoms with Crippen LogP contribution in [0.2, 0.25) is 5.15 Å². The van der Waals surface area contributed by atoms with E-state index in [0.29, 0.717) is 33.7 Å². The predicted molar refractivity (Wildman–Crippen MR) is 186 cm³/mol. The molecule has 1 aliphatic carbocycles. The zero-order valence-corrected chi connectivity index (χ0v) is 29.0. The second-order valence-electron chi connectivity index (χ2n) is 13.2. The first-order chi connectivity index (χ1) is 24.9. The SMILES string of the molecule is C[C@H]1CC(F)(F)C(NCC(=O)NC(Cc2cc(F)cc(F)c2)c2nc(C#CC(C)(C)O)ccc2-c2cccc3c2oc2c(Cl)n[nH]c23)=C1C(=N)C(F)F. The summed E-state index contributed by atoms with van der Waals surface area (Å²) in [7, 11) is 0. The van der Waals surface area contributed by atoms with Crippen LogP contribution in [0.3, 0.4) is 0 Å². The van der Waals surface area contributed by atoms with Crippen molar-refractivity contribution in [1.29, 1.82) is 5.41 Å². The minimum Gasteiger partial charge on any atom is -0.450 e. The van der Waals surface area contributed by atoms with Crippen LogP contribution in [-0.4, -0.2) is 56.4 Å². The van der Waals surface area contributed by atoms with Gasteiger partial charge in [0.1, 0.15) is 39.7 Å². The smallest absolute Gasteiger partial charge is 0.288 e. The number of nitrogens with zero attached hydrogens (tertiary/aromatic N) is 2. The van der Waals surface area contributed by atoms with E-state index in [-0.39, 0.29) is 34.1 Å². The van der Waals surface area contributed by atoms with Gasteiger partial charge < -0.3 is 20.2 Å². The Morgan fingerprint density at radius 3 is 2.55 bits per heavy atom. The average molecular weight is 757 g/mol. The van der Waals surface area contributed by atoms with Crippen molar-refractivity contribution >= 4 is 45.3 Å². The van der Waals surface area contributed by atoms with Crippen LogP contribution in [-0.2, 0) is 11.2 Å². The molecule has 6 rings (SSSR count). The number of aromatic nitrogens is 3. The summed E-state index contributed by atoms with van der Waals surface area (Å²) in [5.74, 6) is -1.99. The van der Waals surface area contributed by atoms with E-state index < -0.39 is 77.4 Å². The number of furan rings is 1. The van der Waals surface area contributed by atoms with Crippen molar-refractivity contribution in [2.75, 3.05) is 6.54 Å². The maximum atomic E-state index is 15.0. The third-order valence-corrected chi connectivity index (χ3v) is 8.79. The normalized spacial score (nSPS) is 16.3.